The van der Waals surface area contributed by atoms with Crippen LogP contribution in [0.15, 0.2) is 48.5 Å². The zero-order valence-corrected chi connectivity index (χ0v) is 12.8. The lowest BCUT2D eigenvalue weighted by molar-refractivity contribution is 0.0236. The first-order valence-electron chi connectivity index (χ1n) is 7.13. The van der Waals surface area contributed by atoms with Crippen molar-refractivity contribution in [3.05, 3.63) is 70.5 Å². The van der Waals surface area contributed by atoms with Gasteiger partial charge in [-0.05, 0) is 23.8 Å². The predicted molar refractivity (Wildman–Crippen MR) is 88.3 cm³/mol. The van der Waals surface area contributed by atoms with Crippen molar-refractivity contribution in [2.45, 2.75) is 5.60 Å². The van der Waals surface area contributed by atoms with E-state index < -0.39 is 5.60 Å². The van der Waals surface area contributed by atoms with Gasteiger partial charge < -0.3 is 15.6 Å². The minimum absolute atomic E-state index is 0.00557. The molecular formula is C18H13ClFNO2. The van der Waals surface area contributed by atoms with Crippen LogP contribution in [0.25, 0.3) is 10.8 Å². The summed E-state index contributed by atoms with van der Waals surface area (Å²) >= 11 is 6.24. The second-order valence-electron chi connectivity index (χ2n) is 5.66. The molecule has 5 heteroatoms. The van der Waals surface area contributed by atoms with Crippen molar-refractivity contribution in [1.29, 1.82) is 0 Å². The molecule has 4 rings (SSSR count). The zero-order chi connectivity index (χ0) is 16.2. The van der Waals surface area contributed by atoms with Gasteiger partial charge in [0.1, 0.15) is 23.8 Å². The van der Waals surface area contributed by atoms with Crippen LogP contribution in [0.1, 0.15) is 11.1 Å². The van der Waals surface area contributed by atoms with Gasteiger partial charge in [-0.25, -0.2) is 4.39 Å². The number of aliphatic hydroxyl groups is 1. The molecule has 0 radical (unpaired) electrons. The van der Waals surface area contributed by atoms with Gasteiger partial charge >= 0.3 is 0 Å². The van der Waals surface area contributed by atoms with Crippen molar-refractivity contribution < 1.29 is 14.2 Å². The van der Waals surface area contributed by atoms with E-state index in [1.54, 1.807) is 18.2 Å². The van der Waals surface area contributed by atoms with E-state index in [0.717, 1.165) is 5.39 Å². The Morgan fingerprint density at radius 2 is 1.91 bits per heavy atom. The summed E-state index contributed by atoms with van der Waals surface area (Å²) in [5.74, 6) is 0.151. The molecule has 0 amide bonds. The Kier molecular flexibility index (Phi) is 3.01. The summed E-state index contributed by atoms with van der Waals surface area (Å²) in [6, 6.07) is 12.9. The summed E-state index contributed by atoms with van der Waals surface area (Å²) in [7, 11) is 0. The number of hydrogen-bond acceptors (Lipinski definition) is 3. The molecule has 0 fully saturated rings. The first-order chi connectivity index (χ1) is 11.0. The molecule has 1 aliphatic rings. The average molecular weight is 330 g/mol. The second kappa shape index (κ2) is 4.85. The Bertz CT molecular complexity index is 926. The lowest BCUT2D eigenvalue weighted by atomic mass is 9.82. The molecule has 3 nitrogen and oxygen atoms in total. The van der Waals surface area contributed by atoms with Gasteiger partial charge in [-0.15, -0.1) is 0 Å². The smallest absolute Gasteiger partial charge is 0.149 e. The number of halogens is 2. The van der Waals surface area contributed by atoms with Gasteiger partial charge in [0.15, 0.2) is 0 Å². The van der Waals surface area contributed by atoms with Crippen molar-refractivity contribution in [2.24, 2.45) is 0 Å². The van der Waals surface area contributed by atoms with Crippen LogP contribution < -0.4 is 10.5 Å². The molecule has 0 saturated carbocycles. The summed E-state index contributed by atoms with van der Waals surface area (Å²) in [6.07, 6.45) is 0. The van der Waals surface area contributed by atoms with Crippen LogP contribution in [0.4, 0.5) is 10.1 Å². The Labute approximate surface area is 137 Å². The highest BCUT2D eigenvalue weighted by Crippen LogP contribution is 2.47. The fourth-order valence-corrected chi connectivity index (χ4v) is 3.41. The summed E-state index contributed by atoms with van der Waals surface area (Å²) in [5, 5.41) is 13.1. The molecule has 1 unspecified atom stereocenters. The van der Waals surface area contributed by atoms with Crippen molar-refractivity contribution in [3.63, 3.8) is 0 Å². The number of ether oxygens (including phenoxy) is 1. The molecule has 3 aromatic carbocycles. The quantitative estimate of drug-likeness (QED) is 0.667. The van der Waals surface area contributed by atoms with Gasteiger partial charge in [0, 0.05) is 22.0 Å². The zero-order valence-electron chi connectivity index (χ0n) is 12.0. The van der Waals surface area contributed by atoms with E-state index in [1.165, 1.54) is 12.1 Å². The third-order valence-electron chi connectivity index (χ3n) is 4.29. The van der Waals surface area contributed by atoms with Crippen molar-refractivity contribution >= 4 is 28.1 Å². The van der Waals surface area contributed by atoms with Gasteiger partial charge in [0.05, 0.1) is 5.02 Å². The Morgan fingerprint density at radius 1 is 1.17 bits per heavy atom. The number of rotatable bonds is 1. The molecule has 0 bridgehead atoms. The van der Waals surface area contributed by atoms with Crippen LogP contribution in [-0.2, 0) is 5.60 Å². The molecule has 116 valence electrons. The number of hydrogen-bond donors (Lipinski definition) is 2. The average Bonchev–Trinajstić information content (AvgIpc) is 2.54. The Hall–Kier alpha value is -2.30. The SMILES string of the molecule is Nc1cc(Cl)c2c3c(cccc13)C(O)(c1ccc(F)cc1)CO2. The first kappa shape index (κ1) is 14.3. The highest BCUT2D eigenvalue weighted by atomic mass is 35.5. The van der Waals surface area contributed by atoms with Crippen LogP contribution in [0.5, 0.6) is 5.75 Å². The molecular weight excluding hydrogens is 317 g/mol. The maximum Gasteiger partial charge on any atom is 0.149 e. The number of nitrogen functional groups attached to an aromatic ring is 1. The van der Waals surface area contributed by atoms with Crippen LogP contribution in [-0.4, -0.2) is 11.7 Å². The van der Waals surface area contributed by atoms with Crippen LogP contribution in [0, 0.1) is 5.82 Å². The molecule has 0 aromatic heterocycles. The van der Waals surface area contributed by atoms with Crippen molar-refractivity contribution in [3.8, 4) is 5.75 Å². The van der Waals surface area contributed by atoms with E-state index in [4.69, 9.17) is 22.1 Å². The van der Waals surface area contributed by atoms with E-state index in [0.29, 0.717) is 33.0 Å². The van der Waals surface area contributed by atoms with E-state index >= 15 is 0 Å². The lowest BCUT2D eigenvalue weighted by Gasteiger charge is -2.35. The predicted octanol–water partition coefficient (Wildman–Crippen LogP) is 3.84. The van der Waals surface area contributed by atoms with Gasteiger partial charge in [0.2, 0.25) is 0 Å². The highest BCUT2D eigenvalue weighted by Gasteiger charge is 2.39. The maximum atomic E-state index is 13.2. The van der Waals surface area contributed by atoms with Gasteiger partial charge in [-0.1, -0.05) is 41.9 Å². The molecule has 0 saturated heterocycles. The Balaban J connectivity index is 2.05. The Morgan fingerprint density at radius 3 is 2.65 bits per heavy atom. The number of nitrogens with two attached hydrogens (primary N) is 1. The van der Waals surface area contributed by atoms with Gasteiger partial charge in [-0.2, -0.15) is 0 Å². The molecule has 23 heavy (non-hydrogen) atoms. The van der Waals surface area contributed by atoms with E-state index in [-0.39, 0.29) is 12.4 Å². The summed E-state index contributed by atoms with van der Waals surface area (Å²) in [4.78, 5) is 0. The van der Waals surface area contributed by atoms with Crippen molar-refractivity contribution in [2.75, 3.05) is 12.3 Å². The minimum atomic E-state index is -1.39. The third-order valence-corrected chi connectivity index (χ3v) is 4.58. The fourth-order valence-electron chi connectivity index (χ4n) is 3.14. The summed E-state index contributed by atoms with van der Waals surface area (Å²) in [5.41, 5.74) is 6.38. The summed E-state index contributed by atoms with van der Waals surface area (Å²) in [6.45, 7) is -0.00557. The maximum absolute atomic E-state index is 13.2. The van der Waals surface area contributed by atoms with Crippen LogP contribution >= 0.6 is 11.6 Å². The molecule has 0 spiro atoms. The molecule has 1 atom stereocenters. The van der Waals surface area contributed by atoms with E-state index in [1.807, 2.05) is 18.2 Å². The minimum Gasteiger partial charge on any atom is -0.488 e. The van der Waals surface area contributed by atoms with Crippen LogP contribution in [0.3, 0.4) is 0 Å². The normalized spacial score (nSPS) is 19.6. The molecule has 3 aromatic rings. The van der Waals surface area contributed by atoms with Crippen molar-refractivity contribution in [1.82, 2.24) is 0 Å². The number of benzene rings is 3. The topological polar surface area (TPSA) is 55.5 Å². The molecule has 0 aliphatic carbocycles. The molecule has 3 N–H and O–H groups in total. The number of anilines is 1. The standard InChI is InChI=1S/C18H13ClFNO2/c19-14-8-15(21)12-2-1-3-13-16(12)17(14)23-9-18(13,22)10-4-6-11(20)7-5-10/h1-8,22H,9,21H2. The second-order valence-corrected chi connectivity index (χ2v) is 6.07. The van der Waals surface area contributed by atoms with E-state index in [9.17, 15) is 9.50 Å². The summed E-state index contributed by atoms with van der Waals surface area (Å²) < 4.78 is 19.0. The van der Waals surface area contributed by atoms with Crippen LogP contribution in [0.2, 0.25) is 5.02 Å². The highest BCUT2D eigenvalue weighted by molar-refractivity contribution is 6.34. The third kappa shape index (κ3) is 1.99. The van der Waals surface area contributed by atoms with Gasteiger partial charge in [0.25, 0.3) is 0 Å². The fraction of sp³-hybridized carbons (Fsp3) is 0.111. The monoisotopic (exact) mass is 329 g/mol. The largest absolute Gasteiger partial charge is 0.488 e. The molecule has 1 heterocycles. The van der Waals surface area contributed by atoms with E-state index in [2.05, 4.69) is 0 Å². The van der Waals surface area contributed by atoms with Gasteiger partial charge in [-0.3, -0.25) is 0 Å². The molecule has 1 aliphatic heterocycles. The first-order valence-corrected chi connectivity index (χ1v) is 7.51. The lowest BCUT2D eigenvalue weighted by Crippen LogP contribution is -2.37.